The van der Waals surface area contributed by atoms with Crippen LogP contribution in [0.15, 0.2) is 36.7 Å². The Morgan fingerprint density at radius 3 is 2.35 bits per heavy atom. The molecular weight excluding hydrogens is 271 g/mol. The van der Waals surface area contributed by atoms with Crippen molar-refractivity contribution in [3.63, 3.8) is 0 Å². The number of nitrogens with zero attached hydrogens (tertiary/aromatic N) is 2. The molecule has 0 saturated carbocycles. The predicted octanol–water partition coefficient (Wildman–Crippen LogP) is 2.19. The Balaban J connectivity index is 2.30. The number of hydrogen-bond donors (Lipinski definition) is 1. The molecule has 1 aromatic carbocycles. The molecule has 0 atom stereocenters. The van der Waals surface area contributed by atoms with E-state index in [-0.39, 0.29) is 6.42 Å². The van der Waals surface area contributed by atoms with E-state index < -0.39 is 17.6 Å². The summed E-state index contributed by atoms with van der Waals surface area (Å²) >= 11 is 0. The van der Waals surface area contributed by atoms with Crippen LogP contribution in [-0.2, 0) is 17.4 Å². The van der Waals surface area contributed by atoms with Gasteiger partial charge in [-0.25, -0.2) is 9.97 Å². The maximum Gasteiger partial charge on any atom is 0.416 e. The van der Waals surface area contributed by atoms with Gasteiger partial charge in [-0.2, -0.15) is 13.2 Å². The molecule has 0 bridgehead atoms. The molecule has 104 valence electrons. The van der Waals surface area contributed by atoms with Crippen LogP contribution in [0.25, 0.3) is 11.3 Å². The fourth-order valence-electron chi connectivity index (χ4n) is 1.66. The maximum absolute atomic E-state index is 12.5. The maximum atomic E-state index is 12.5. The second-order valence-electron chi connectivity index (χ2n) is 4.11. The van der Waals surface area contributed by atoms with Gasteiger partial charge >= 0.3 is 6.18 Å². The minimum absolute atomic E-state index is 0.0455. The Morgan fingerprint density at radius 2 is 1.80 bits per heavy atom. The number of carbonyl (C=O) groups excluding carboxylic acids is 1. The summed E-state index contributed by atoms with van der Waals surface area (Å²) < 4.78 is 37.4. The first-order valence-corrected chi connectivity index (χ1v) is 5.63. The molecule has 0 radical (unpaired) electrons. The molecule has 1 aromatic heterocycles. The van der Waals surface area contributed by atoms with E-state index in [0.29, 0.717) is 17.0 Å². The number of nitrogens with two attached hydrogens (primary N) is 1. The summed E-state index contributed by atoms with van der Waals surface area (Å²) in [7, 11) is 0. The van der Waals surface area contributed by atoms with Crippen molar-refractivity contribution < 1.29 is 18.0 Å². The summed E-state index contributed by atoms with van der Waals surface area (Å²) in [5.41, 5.74) is 5.69. The number of rotatable bonds is 3. The molecule has 0 aliphatic carbocycles. The molecule has 2 N–H and O–H groups in total. The Labute approximate surface area is 112 Å². The molecule has 4 nitrogen and oxygen atoms in total. The van der Waals surface area contributed by atoms with E-state index in [1.54, 1.807) is 0 Å². The quantitative estimate of drug-likeness (QED) is 0.937. The lowest BCUT2D eigenvalue weighted by Gasteiger charge is -2.07. The lowest BCUT2D eigenvalue weighted by Crippen LogP contribution is -2.14. The lowest BCUT2D eigenvalue weighted by atomic mass is 10.1. The molecule has 0 spiro atoms. The van der Waals surface area contributed by atoms with Gasteiger partial charge in [-0.05, 0) is 18.2 Å². The van der Waals surface area contributed by atoms with Gasteiger partial charge in [0.2, 0.25) is 5.91 Å². The van der Waals surface area contributed by atoms with Gasteiger partial charge in [-0.3, -0.25) is 4.79 Å². The molecule has 1 heterocycles. The van der Waals surface area contributed by atoms with Crippen LogP contribution in [0, 0.1) is 0 Å². The van der Waals surface area contributed by atoms with Crippen molar-refractivity contribution >= 4 is 5.91 Å². The van der Waals surface area contributed by atoms with E-state index in [4.69, 9.17) is 5.73 Å². The average Bonchev–Trinajstić information content (AvgIpc) is 2.37. The van der Waals surface area contributed by atoms with Crippen LogP contribution >= 0.6 is 0 Å². The molecule has 2 rings (SSSR count). The molecule has 2 aromatic rings. The average molecular weight is 281 g/mol. The third-order valence-corrected chi connectivity index (χ3v) is 2.59. The summed E-state index contributed by atoms with van der Waals surface area (Å²) in [4.78, 5) is 18.6. The van der Waals surface area contributed by atoms with Gasteiger partial charge in [-0.15, -0.1) is 0 Å². The van der Waals surface area contributed by atoms with Crippen LogP contribution in [0.4, 0.5) is 13.2 Å². The predicted molar refractivity (Wildman–Crippen MR) is 65.4 cm³/mol. The number of aromatic nitrogens is 2. The second-order valence-corrected chi connectivity index (χ2v) is 4.11. The number of amides is 1. The number of carbonyl (C=O) groups is 1. The van der Waals surface area contributed by atoms with Gasteiger partial charge in [0, 0.05) is 5.56 Å². The zero-order valence-electron chi connectivity index (χ0n) is 10.2. The largest absolute Gasteiger partial charge is 0.416 e. The normalized spacial score (nSPS) is 11.3. The number of alkyl halides is 3. The summed E-state index contributed by atoms with van der Waals surface area (Å²) in [6, 6.07) is 6.11. The van der Waals surface area contributed by atoms with Crippen molar-refractivity contribution in [2.45, 2.75) is 12.6 Å². The lowest BCUT2D eigenvalue weighted by molar-refractivity contribution is -0.137. The van der Waals surface area contributed by atoms with Crippen LogP contribution in [0.5, 0.6) is 0 Å². The van der Waals surface area contributed by atoms with Gasteiger partial charge in [0.1, 0.15) is 6.33 Å². The van der Waals surface area contributed by atoms with Crippen molar-refractivity contribution in [2.24, 2.45) is 5.73 Å². The van der Waals surface area contributed by atoms with Crippen molar-refractivity contribution in [1.29, 1.82) is 0 Å². The highest BCUT2D eigenvalue weighted by molar-refractivity contribution is 5.76. The second kappa shape index (κ2) is 5.28. The highest BCUT2D eigenvalue weighted by atomic mass is 19.4. The van der Waals surface area contributed by atoms with Crippen molar-refractivity contribution in [1.82, 2.24) is 9.97 Å². The van der Waals surface area contributed by atoms with Gasteiger partial charge < -0.3 is 5.73 Å². The van der Waals surface area contributed by atoms with Crippen molar-refractivity contribution in [2.75, 3.05) is 0 Å². The monoisotopic (exact) mass is 281 g/mol. The van der Waals surface area contributed by atoms with E-state index in [0.717, 1.165) is 12.1 Å². The van der Waals surface area contributed by atoms with Crippen LogP contribution in [0.1, 0.15) is 11.3 Å². The van der Waals surface area contributed by atoms with Crippen molar-refractivity contribution in [3.8, 4) is 11.3 Å². The number of benzene rings is 1. The summed E-state index contributed by atoms with van der Waals surface area (Å²) in [5, 5.41) is 0. The Bertz CT molecular complexity index is 624. The van der Waals surface area contributed by atoms with Crippen molar-refractivity contribution in [3.05, 3.63) is 47.9 Å². The molecule has 7 heteroatoms. The van der Waals surface area contributed by atoms with Gasteiger partial charge in [-0.1, -0.05) is 12.1 Å². The van der Waals surface area contributed by atoms with Crippen LogP contribution in [-0.4, -0.2) is 15.9 Å². The van der Waals surface area contributed by atoms with E-state index in [1.165, 1.54) is 24.5 Å². The number of primary amides is 1. The van der Waals surface area contributed by atoms with Gasteiger partial charge in [0.15, 0.2) is 0 Å². The van der Waals surface area contributed by atoms with E-state index in [1.807, 2.05) is 0 Å². The molecule has 20 heavy (non-hydrogen) atoms. The van der Waals surface area contributed by atoms with E-state index in [9.17, 15) is 18.0 Å². The van der Waals surface area contributed by atoms with Crippen LogP contribution in [0.3, 0.4) is 0 Å². The summed E-state index contributed by atoms with van der Waals surface area (Å²) in [5.74, 6) is -0.540. The van der Waals surface area contributed by atoms with E-state index >= 15 is 0 Å². The Morgan fingerprint density at radius 1 is 1.15 bits per heavy atom. The Hall–Kier alpha value is -2.44. The minimum atomic E-state index is -4.37. The SMILES string of the molecule is NC(=O)Cc1cc(-c2ccc(C(F)(F)F)cc2)ncn1. The molecule has 1 amide bonds. The third-order valence-electron chi connectivity index (χ3n) is 2.59. The summed E-state index contributed by atoms with van der Waals surface area (Å²) in [6.45, 7) is 0. The Kier molecular flexibility index (Phi) is 3.69. The highest BCUT2D eigenvalue weighted by Crippen LogP contribution is 2.30. The topological polar surface area (TPSA) is 68.9 Å². The first-order chi connectivity index (χ1) is 9.36. The van der Waals surface area contributed by atoms with Crippen LogP contribution < -0.4 is 5.73 Å². The van der Waals surface area contributed by atoms with Crippen LogP contribution in [0.2, 0.25) is 0 Å². The standard InChI is InChI=1S/C13H10F3N3O/c14-13(15,16)9-3-1-8(2-4-9)11-5-10(6-12(17)20)18-7-19-11/h1-5,7H,6H2,(H2,17,20). The zero-order chi connectivity index (χ0) is 14.8. The highest BCUT2D eigenvalue weighted by Gasteiger charge is 2.29. The fourth-order valence-corrected chi connectivity index (χ4v) is 1.66. The first-order valence-electron chi connectivity index (χ1n) is 5.63. The number of hydrogen-bond acceptors (Lipinski definition) is 3. The molecule has 0 fully saturated rings. The molecule has 0 aliphatic heterocycles. The number of halogens is 3. The molecule has 0 saturated heterocycles. The molecular formula is C13H10F3N3O. The van der Waals surface area contributed by atoms with Gasteiger partial charge in [0.25, 0.3) is 0 Å². The minimum Gasteiger partial charge on any atom is -0.369 e. The fraction of sp³-hybridized carbons (Fsp3) is 0.154. The molecule has 0 unspecified atom stereocenters. The van der Waals surface area contributed by atoms with Gasteiger partial charge in [0.05, 0.1) is 23.4 Å². The molecule has 0 aliphatic rings. The summed E-state index contributed by atoms with van der Waals surface area (Å²) in [6.07, 6.45) is -3.18. The smallest absolute Gasteiger partial charge is 0.369 e. The first kappa shape index (κ1) is 14.0. The third kappa shape index (κ3) is 3.31. The van der Waals surface area contributed by atoms with E-state index in [2.05, 4.69) is 9.97 Å². The zero-order valence-corrected chi connectivity index (χ0v) is 10.2.